The molecule has 10 nitrogen and oxygen atoms in total. The molecule has 2 N–H and O–H groups in total. The molecule has 0 radical (unpaired) electrons. The predicted molar refractivity (Wildman–Crippen MR) is 169 cm³/mol. The Morgan fingerprint density at radius 2 is 1.73 bits per heavy atom. The number of amides is 3. The van der Waals surface area contributed by atoms with Gasteiger partial charge in [0.05, 0.1) is 26.4 Å². The van der Waals surface area contributed by atoms with Gasteiger partial charge in [0.25, 0.3) is 11.8 Å². The summed E-state index contributed by atoms with van der Waals surface area (Å²) < 4.78 is 16.6. The molecule has 0 spiro atoms. The molecule has 5 rings (SSSR count). The number of nitrogens with zero attached hydrogens (tertiary/aromatic N) is 2. The van der Waals surface area contributed by atoms with Crippen molar-refractivity contribution in [2.45, 2.75) is 25.9 Å². The molecule has 1 aliphatic heterocycles. The summed E-state index contributed by atoms with van der Waals surface area (Å²) >= 11 is 0. The van der Waals surface area contributed by atoms with Crippen molar-refractivity contribution in [2.75, 3.05) is 46.6 Å². The van der Waals surface area contributed by atoms with E-state index in [0.29, 0.717) is 56.3 Å². The first-order chi connectivity index (χ1) is 21.4. The van der Waals surface area contributed by atoms with Crippen molar-refractivity contribution < 1.29 is 30.0 Å². The maximum atomic E-state index is 13.2. The Hall–Kier alpha value is -4.83. The standard InChI is InChI=1S/C34H38N4O6.H2/c1-24(39)38(21-26-7-3-6-10-32(26)42-2)22-28(19-27-20-35-31-9-5-4-8-30(27)31)36-33(40)23-44-29-13-11-25(12-14-29)34(41)37-15-17-43-18-16-37;/h3-14,20,28,35H,15-19,21-23H2,1-2H3,(H,36,40);1H. The number of carbonyl (C=O) groups excluding carboxylic acids is 3. The summed E-state index contributed by atoms with van der Waals surface area (Å²) in [5, 5.41) is 4.15. The molecule has 232 valence electrons. The van der Waals surface area contributed by atoms with Gasteiger partial charge in [-0.1, -0.05) is 36.4 Å². The minimum atomic E-state index is -0.391. The van der Waals surface area contributed by atoms with Gasteiger partial charge in [-0.3, -0.25) is 14.4 Å². The topological polar surface area (TPSA) is 113 Å². The molecule has 2 heterocycles. The van der Waals surface area contributed by atoms with Crippen LogP contribution in [0.1, 0.15) is 29.8 Å². The Kier molecular flexibility index (Phi) is 10.1. The first kappa shape index (κ1) is 30.6. The lowest BCUT2D eigenvalue weighted by Gasteiger charge is -2.28. The Bertz CT molecular complexity index is 1590. The van der Waals surface area contributed by atoms with Crippen molar-refractivity contribution in [1.82, 2.24) is 20.1 Å². The summed E-state index contributed by atoms with van der Waals surface area (Å²) in [5.74, 6) is 0.692. The third-order valence-corrected chi connectivity index (χ3v) is 7.72. The molecule has 10 heteroatoms. The summed E-state index contributed by atoms with van der Waals surface area (Å²) in [6.45, 7) is 4.14. The van der Waals surface area contributed by atoms with Crippen molar-refractivity contribution >= 4 is 28.6 Å². The second-order valence-electron chi connectivity index (χ2n) is 10.8. The fourth-order valence-electron chi connectivity index (χ4n) is 5.40. The van der Waals surface area contributed by atoms with Gasteiger partial charge in [-0.2, -0.15) is 0 Å². The maximum absolute atomic E-state index is 13.2. The fraction of sp³-hybridized carbons (Fsp3) is 0.324. The predicted octanol–water partition coefficient (Wildman–Crippen LogP) is 4.05. The SMILES string of the molecule is COc1ccccc1CN(CC(Cc1c[nH]c2ccccc12)NC(=O)COc1ccc(C(=O)N2CCOCC2)cc1)C(C)=O.[HH]. The molecule has 3 aromatic carbocycles. The van der Waals surface area contributed by atoms with Gasteiger partial charge in [-0.15, -0.1) is 0 Å². The second-order valence-corrected chi connectivity index (χ2v) is 10.8. The van der Waals surface area contributed by atoms with Gasteiger partial charge in [-0.25, -0.2) is 0 Å². The van der Waals surface area contributed by atoms with E-state index < -0.39 is 6.04 Å². The molecule has 0 bridgehead atoms. The molecule has 1 saturated heterocycles. The number of rotatable bonds is 12. The van der Waals surface area contributed by atoms with Crippen molar-refractivity contribution in [3.63, 3.8) is 0 Å². The third kappa shape index (κ3) is 7.76. The van der Waals surface area contributed by atoms with E-state index in [1.807, 2.05) is 54.7 Å². The number of methoxy groups -OCH3 is 1. The number of fused-ring (bicyclic) bond motifs is 1. The van der Waals surface area contributed by atoms with E-state index >= 15 is 0 Å². The van der Waals surface area contributed by atoms with E-state index in [0.717, 1.165) is 22.0 Å². The van der Waals surface area contributed by atoms with Gasteiger partial charge in [0.1, 0.15) is 11.5 Å². The van der Waals surface area contributed by atoms with Crippen molar-refractivity contribution in [1.29, 1.82) is 0 Å². The van der Waals surface area contributed by atoms with E-state index in [2.05, 4.69) is 10.3 Å². The van der Waals surface area contributed by atoms with E-state index in [1.165, 1.54) is 6.92 Å². The second kappa shape index (κ2) is 14.6. The van der Waals surface area contributed by atoms with Crippen LogP contribution < -0.4 is 14.8 Å². The first-order valence-corrected chi connectivity index (χ1v) is 14.7. The van der Waals surface area contributed by atoms with Gasteiger partial charge in [0.2, 0.25) is 5.91 Å². The molecular weight excluding hydrogens is 560 g/mol. The Labute approximate surface area is 258 Å². The largest absolute Gasteiger partial charge is 0.496 e. The van der Waals surface area contributed by atoms with E-state index in [1.54, 1.807) is 41.2 Å². The lowest BCUT2D eigenvalue weighted by atomic mass is 10.0. The van der Waals surface area contributed by atoms with Crippen LogP contribution >= 0.6 is 0 Å². The minimum Gasteiger partial charge on any atom is -0.496 e. The Balaban J connectivity index is 0.00000461. The van der Waals surface area contributed by atoms with Gasteiger partial charge < -0.3 is 34.3 Å². The molecule has 3 amide bonds. The normalized spacial score (nSPS) is 13.7. The Morgan fingerprint density at radius 1 is 1.00 bits per heavy atom. The number of hydrogen-bond acceptors (Lipinski definition) is 6. The minimum absolute atomic E-state index is 0. The molecule has 1 unspecified atom stereocenters. The summed E-state index contributed by atoms with van der Waals surface area (Å²) in [7, 11) is 1.60. The number of ether oxygens (including phenoxy) is 3. The molecule has 0 aliphatic carbocycles. The highest BCUT2D eigenvalue weighted by Crippen LogP contribution is 2.22. The van der Waals surface area contributed by atoms with Crippen molar-refractivity contribution in [3.8, 4) is 11.5 Å². The summed E-state index contributed by atoms with van der Waals surface area (Å²) in [4.78, 5) is 45.4. The number of benzene rings is 3. The van der Waals surface area contributed by atoms with Crippen LogP contribution in [0.25, 0.3) is 10.9 Å². The number of nitrogens with one attached hydrogen (secondary N) is 2. The monoisotopic (exact) mass is 600 g/mol. The number of aromatic nitrogens is 1. The molecule has 1 aromatic heterocycles. The summed E-state index contributed by atoms with van der Waals surface area (Å²) in [5.41, 5.74) is 3.47. The average molecular weight is 601 g/mol. The number of aromatic amines is 1. The van der Waals surface area contributed by atoms with Gasteiger partial charge >= 0.3 is 0 Å². The highest BCUT2D eigenvalue weighted by atomic mass is 16.5. The van der Waals surface area contributed by atoms with Crippen LogP contribution in [0.15, 0.2) is 79.0 Å². The quantitative estimate of drug-likeness (QED) is 0.254. The van der Waals surface area contributed by atoms with Crippen LogP contribution in [0.4, 0.5) is 0 Å². The van der Waals surface area contributed by atoms with Crippen LogP contribution in [0.5, 0.6) is 11.5 Å². The molecule has 1 aliphatic rings. The first-order valence-electron chi connectivity index (χ1n) is 14.7. The van der Waals surface area contributed by atoms with Gasteiger partial charge in [0.15, 0.2) is 6.61 Å². The number of hydrogen-bond donors (Lipinski definition) is 2. The highest BCUT2D eigenvalue weighted by Gasteiger charge is 2.22. The molecule has 1 fully saturated rings. The summed E-state index contributed by atoms with van der Waals surface area (Å²) in [6, 6.07) is 22.0. The summed E-state index contributed by atoms with van der Waals surface area (Å²) in [6.07, 6.45) is 2.45. The van der Waals surface area contributed by atoms with E-state index in [9.17, 15) is 14.4 Å². The van der Waals surface area contributed by atoms with E-state index in [-0.39, 0.29) is 32.3 Å². The van der Waals surface area contributed by atoms with Crippen LogP contribution in [0.2, 0.25) is 0 Å². The fourth-order valence-corrected chi connectivity index (χ4v) is 5.40. The average Bonchev–Trinajstić information content (AvgIpc) is 3.46. The molecular formula is C34H40N4O6. The number of H-pyrrole nitrogens is 1. The lowest BCUT2D eigenvalue weighted by Crippen LogP contribution is -2.47. The number of carbonyl (C=O) groups is 3. The van der Waals surface area contributed by atoms with Gasteiger partial charge in [-0.05, 0) is 48.4 Å². The van der Waals surface area contributed by atoms with Gasteiger partial charge in [0, 0.05) is 62.8 Å². The van der Waals surface area contributed by atoms with Crippen LogP contribution in [-0.4, -0.2) is 85.1 Å². The molecule has 1 atom stereocenters. The zero-order valence-corrected chi connectivity index (χ0v) is 25.1. The van der Waals surface area contributed by atoms with E-state index in [4.69, 9.17) is 14.2 Å². The molecule has 44 heavy (non-hydrogen) atoms. The Morgan fingerprint density at radius 3 is 2.48 bits per heavy atom. The molecule has 4 aromatic rings. The zero-order chi connectivity index (χ0) is 30.9. The van der Waals surface area contributed by atoms with Crippen molar-refractivity contribution in [2.24, 2.45) is 0 Å². The third-order valence-electron chi connectivity index (χ3n) is 7.72. The van der Waals surface area contributed by atoms with Crippen molar-refractivity contribution in [3.05, 3.63) is 95.7 Å². The van der Waals surface area contributed by atoms with Crippen LogP contribution in [0, 0.1) is 0 Å². The number of morpholine rings is 1. The van der Waals surface area contributed by atoms with Crippen LogP contribution in [0.3, 0.4) is 0 Å². The highest BCUT2D eigenvalue weighted by molar-refractivity contribution is 5.94. The smallest absolute Gasteiger partial charge is 0.258 e. The lowest BCUT2D eigenvalue weighted by molar-refractivity contribution is -0.131. The van der Waals surface area contributed by atoms with Crippen LogP contribution in [-0.2, 0) is 27.3 Å². The number of para-hydroxylation sites is 2. The zero-order valence-electron chi connectivity index (χ0n) is 25.1. The maximum Gasteiger partial charge on any atom is 0.258 e. The molecule has 0 saturated carbocycles.